The SMILES string of the molecule is OC1CCN(Cc2ccnc(Br)c2)CC1. The van der Waals surface area contributed by atoms with Gasteiger partial charge in [-0.1, -0.05) is 0 Å². The van der Waals surface area contributed by atoms with Crippen LogP contribution in [-0.2, 0) is 6.54 Å². The molecule has 0 bridgehead atoms. The van der Waals surface area contributed by atoms with Crippen LogP contribution in [0.1, 0.15) is 18.4 Å². The fraction of sp³-hybridized carbons (Fsp3) is 0.545. The van der Waals surface area contributed by atoms with Crippen molar-refractivity contribution in [3.8, 4) is 0 Å². The van der Waals surface area contributed by atoms with E-state index in [1.807, 2.05) is 18.3 Å². The third kappa shape index (κ3) is 3.26. The summed E-state index contributed by atoms with van der Waals surface area (Å²) in [6.45, 7) is 2.93. The van der Waals surface area contributed by atoms with Crippen LogP contribution in [0.5, 0.6) is 0 Å². The number of rotatable bonds is 2. The van der Waals surface area contributed by atoms with Gasteiger partial charge in [0.1, 0.15) is 4.60 Å². The monoisotopic (exact) mass is 270 g/mol. The number of aromatic nitrogens is 1. The molecule has 82 valence electrons. The lowest BCUT2D eigenvalue weighted by molar-refractivity contribution is 0.0792. The Morgan fingerprint density at radius 1 is 1.47 bits per heavy atom. The number of halogens is 1. The highest BCUT2D eigenvalue weighted by atomic mass is 79.9. The quantitative estimate of drug-likeness (QED) is 0.833. The predicted molar refractivity (Wildman–Crippen MR) is 62.5 cm³/mol. The molecule has 4 heteroatoms. The summed E-state index contributed by atoms with van der Waals surface area (Å²) in [4.78, 5) is 6.47. The first-order valence-electron chi connectivity index (χ1n) is 5.25. The highest BCUT2D eigenvalue weighted by molar-refractivity contribution is 9.10. The van der Waals surface area contributed by atoms with E-state index in [9.17, 15) is 5.11 Å². The predicted octanol–water partition coefficient (Wildman–Crippen LogP) is 1.80. The van der Waals surface area contributed by atoms with Gasteiger partial charge in [-0.05, 0) is 46.5 Å². The summed E-state index contributed by atoms with van der Waals surface area (Å²) >= 11 is 3.37. The molecule has 0 aliphatic carbocycles. The molecular weight excluding hydrogens is 256 g/mol. The van der Waals surface area contributed by atoms with Crippen LogP contribution in [0.3, 0.4) is 0 Å². The van der Waals surface area contributed by atoms with Crippen LogP contribution in [-0.4, -0.2) is 34.2 Å². The molecule has 0 atom stereocenters. The number of hydrogen-bond acceptors (Lipinski definition) is 3. The average molecular weight is 271 g/mol. The second-order valence-corrected chi connectivity index (χ2v) is 4.81. The third-order valence-corrected chi connectivity index (χ3v) is 3.19. The highest BCUT2D eigenvalue weighted by Gasteiger charge is 2.16. The number of aliphatic hydroxyl groups is 1. The van der Waals surface area contributed by atoms with Gasteiger partial charge in [-0.15, -0.1) is 0 Å². The summed E-state index contributed by atoms with van der Waals surface area (Å²) in [6.07, 6.45) is 3.52. The Kier molecular flexibility index (Phi) is 3.72. The van der Waals surface area contributed by atoms with Crippen molar-refractivity contribution < 1.29 is 5.11 Å². The number of piperidine rings is 1. The molecule has 3 nitrogen and oxygen atoms in total. The molecule has 15 heavy (non-hydrogen) atoms. The summed E-state index contributed by atoms with van der Waals surface area (Å²) < 4.78 is 0.886. The Labute approximate surface area is 98.3 Å². The van der Waals surface area contributed by atoms with Crippen molar-refractivity contribution in [3.63, 3.8) is 0 Å². The van der Waals surface area contributed by atoms with E-state index in [0.29, 0.717) is 0 Å². The maximum Gasteiger partial charge on any atom is 0.106 e. The summed E-state index contributed by atoms with van der Waals surface area (Å²) in [5.74, 6) is 0. The van der Waals surface area contributed by atoms with Gasteiger partial charge < -0.3 is 5.11 Å². The smallest absolute Gasteiger partial charge is 0.106 e. The average Bonchev–Trinajstić information content (AvgIpc) is 2.22. The van der Waals surface area contributed by atoms with Crippen LogP contribution in [0.25, 0.3) is 0 Å². The minimum absolute atomic E-state index is 0.0922. The Morgan fingerprint density at radius 2 is 2.20 bits per heavy atom. The molecule has 1 aromatic rings. The fourth-order valence-corrected chi connectivity index (χ4v) is 2.29. The molecule has 2 heterocycles. The van der Waals surface area contributed by atoms with E-state index in [4.69, 9.17) is 0 Å². The van der Waals surface area contributed by atoms with Gasteiger partial charge in [0.2, 0.25) is 0 Å². The van der Waals surface area contributed by atoms with Crippen LogP contribution in [0, 0.1) is 0 Å². The van der Waals surface area contributed by atoms with Gasteiger partial charge in [-0.2, -0.15) is 0 Å². The zero-order valence-corrected chi connectivity index (χ0v) is 10.2. The zero-order chi connectivity index (χ0) is 10.7. The van der Waals surface area contributed by atoms with E-state index >= 15 is 0 Å². The van der Waals surface area contributed by atoms with Crippen molar-refractivity contribution in [1.29, 1.82) is 0 Å². The van der Waals surface area contributed by atoms with Crippen molar-refractivity contribution in [2.75, 3.05) is 13.1 Å². The number of nitrogens with zero attached hydrogens (tertiary/aromatic N) is 2. The molecule has 0 aromatic carbocycles. The molecule has 1 saturated heterocycles. The van der Waals surface area contributed by atoms with E-state index in [1.165, 1.54) is 5.56 Å². The van der Waals surface area contributed by atoms with Gasteiger partial charge in [0.15, 0.2) is 0 Å². The second-order valence-electron chi connectivity index (χ2n) is 3.99. The summed E-state index contributed by atoms with van der Waals surface area (Å²) in [5, 5.41) is 9.39. The van der Waals surface area contributed by atoms with Crippen molar-refractivity contribution in [3.05, 3.63) is 28.5 Å². The molecule has 1 aliphatic rings. The topological polar surface area (TPSA) is 36.4 Å². The maximum atomic E-state index is 9.39. The van der Waals surface area contributed by atoms with Crippen molar-refractivity contribution in [2.24, 2.45) is 0 Å². The van der Waals surface area contributed by atoms with Gasteiger partial charge in [0, 0.05) is 25.8 Å². The van der Waals surface area contributed by atoms with Gasteiger partial charge in [-0.3, -0.25) is 4.90 Å². The molecule has 1 aliphatic heterocycles. The number of aliphatic hydroxyl groups excluding tert-OH is 1. The van der Waals surface area contributed by atoms with E-state index < -0.39 is 0 Å². The van der Waals surface area contributed by atoms with E-state index in [-0.39, 0.29) is 6.10 Å². The minimum Gasteiger partial charge on any atom is -0.393 e. The molecule has 1 fully saturated rings. The van der Waals surface area contributed by atoms with E-state index in [0.717, 1.165) is 37.1 Å². The Hall–Kier alpha value is -0.450. The van der Waals surface area contributed by atoms with Crippen LogP contribution >= 0.6 is 15.9 Å². The summed E-state index contributed by atoms with van der Waals surface area (Å²) in [6, 6.07) is 4.08. The first kappa shape index (κ1) is 11.0. The van der Waals surface area contributed by atoms with Crippen molar-refractivity contribution >= 4 is 15.9 Å². The fourth-order valence-electron chi connectivity index (χ4n) is 1.88. The van der Waals surface area contributed by atoms with Gasteiger partial charge in [-0.25, -0.2) is 4.98 Å². The van der Waals surface area contributed by atoms with E-state index in [2.05, 4.69) is 25.8 Å². The van der Waals surface area contributed by atoms with E-state index in [1.54, 1.807) is 0 Å². The highest BCUT2D eigenvalue weighted by Crippen LogP contribution is 2.15. The maximum absolute atomic E-state index is 9.39. The molecule has 1 N–H and O–H groups in total. The van der Waals surface area contributed by atoms with Gasteiger partial charge in [0.05, 0.1) is 6.10 Å². The van der Waals surface area contributed by atoms with Crippen molar-refractivity contribution in [2.45, 2.75) is 25.5 Å². The van der Waals surface area contributed by atoms with Crippen LogP contribution in [0.4, 0.5) is 0 Å². The summed E-state index contributed by atoms with van der Waals surface area (Å²) in [7, 11) is 0. The van der Waals surface area contributed by atoms with Crippen molar-refractivity contribution in [1.82, 2.24) is 9.88 Å². The normalized spacial score (nSPS) is 19.3. The number of pyridine rings is 1. The largest absolute Gasteiger partial charge is 0.393 e. The standard InChI is InChI=1S/C11H15BrN2O/c12-11-7-9(1-4-13-11)8-14-5-2-10(15)3-6-14/h1,4,7,10,15H,2-3,5-6,8H2. The van der Waals surface area contributed by atoms with Crippen LogP contribution in [0.15, 0.2) is 22.9 Å². The van der Waals surface area contributed by atoms with Crippen LogP contribution < -0.4 is 0 Å². The molecule has 0 radical (unpaired) electrons. The molecule has 2 rings (SSSR count). The first-order chi connectivity index (χ1) is 7.24. The second kappa shape index (κ2) is 5.05. The Balaban J connectivity index is 1.92. The third-order valence-electron chi connectivity index (χ3n) is 2.75. The molecule has 0 unspecified atom stereocenters. The number of hydrogen-bond donors (Lipinski definition) is 1. The first-order valence-corrected chi connectivity index (χ1v) is 6.04. The molecular formula is C11H15BrN2O. The number of likely N-dealkylation sites (tertiary alicyclic amines) is 1. The molecule has 0 spiro atoms. The minimum atomic E-state index is -0.0922. The van der Waals surface area contributed by atoms with Crippen LogP contribution in [0.2, 0.25) is 0 Å². The molecule has 0 saturated carbocycles. The lowest BCUT2D eigenvalue weighted by atomic mass is 10.1. The molecule has 1 aromatic heterocycles. The summed E-state index contributed by atoms with van der Waals surface area (Å²) in [5.41, 5.74) is 1.27. The lowest BCUT2D eigenvalue weighted by Gasteiger charge is -2.29. The Bertz CT molecular complexity index is 324. The Morgan fingerprint density at radius 3 is 2.87 bits per heavy atom. The van der Waals surface area contributed by atoms with Gasteiger partial charge >= 0.3 is 0 Å². The molecule has 0 amide bonds. The lowest BCUT2D eigenvalue weighted by Crippen LogP contribution is -2.35. The zero-order valence-electron chi connectivity index (χ0n) is 8.56. The van der Waals surface area contributed by atoms with Gasteiger partial charge in [0.25, 0.3) is 0 Å².